The van der Waals surface area contributed by atoms with E-state index in [1.165, 1.54) is 6.20 Å². The van der Waals surface area contributed by atoms with Gasteiger partial charge in [-0.15, -0.1) is 0 Å². The number of benzene rings is 1. The van der Waals surface area contributed by atoms with E-state index in [-0.39, 0.29) is 5.91 Å². The van der Waals surface area contributed by atoms with Crippen LogP contribution in [0.5, 0.6) is 0 Å². The van der Waals surface area contributed by atoms with Crippen molar-refractivity contribution in [3.8, 4) is 6.07 Å². The molecule has 0 radical (unpaired) electrons. The first-order valence-electron chi connectivity index (χ1n) is 6.43. The van der Waals surface area contributed by atoms with Gasteiger partial charge in [0.05, 0.1) is 28.9 Å². The van der Waals surface area contributed by atoms with Gasteiger partial charge in [-0.05, 0) is 36.8 Å². The number of hydrogen-bond donors (Lipinski definition) is 1. The number of hydrogen-bond acceptors (Lipinski definition) is 3. The number of aromatic nitrogens is 2. The van der Waals surface area contributed by atoms with E-state index in [9.17, 15) is 4.79 Å². The molecule has 1 amide bonds. The van der Waals surface area contributed by atoms with Crippen molar-refractivity contribution in [2.45, 2.75) is 6.92 Å². The number of nitrogens with zero attached hydrogens (tertiary/aromatic N) is 3. The van der Waals surface area contributed by atoms with Gasteiger partial charge in [0.2, 0.25) is 0 Å². The minimum Gasteiger partial charge on any atom is -0.322 e. The molecule has 5 nitrogen and oxygen atoms in total. The van der Waals surface area contributed by atoms with Crippen LogP contribution in [-0.2, 0) is 0 Å². The largest absolute Gasteiger partial charge is 0.322 e. The lowest BCUT2D eigenvalue weighted by Gasteiger charge is -2.08. The Kier molecular flexibility index (Phi) is 3.13. The van der Waals surface area contributed by atoms with Gasteiger partial charge in [-0.2, -0.15) is 10.4 Å². The number of fused-ring (bicyclic) bond motifs is 1. The van der Waals surface area contributed by atoms with E-state index in [1.54, 1.807) is 22.8 Å². The number of nitriles is 1. The Bertz CT molecular complexity index is 873. The van der Waals surface area contributed by atoms with Crippen LogP contribution in [0.2, 0.25) is 0 Å². The Morgan fingerprint density at radius 1 is 1.33 bits per heavy atom. The maximum Gasteiger partial charge on any atom is 0.259 e. The Morgan fingerprint density at radius 2 is 2.19 bits per heavy atom. The van der Waals surface area contributed by atoms with Crippen LogP contribution in [0.1, 0.15) is 21.5 Å². The van der Waals surface area contributed by atoms with Crippen LogP contribution in [0, 0.1) is 18.3 Å². The second kappa shape index (κ2) is 5.10. The third kappa shape index (κ3) is 2.35. The third-order valence-corrected chi connectivity index (χ3v) is 3.29. The second-order valence-corrected chi connectivity index (χ2v) is 4.68. The smallest absolute Gasteiger partial charge is 0.259 e. The summed E-state index contributed by atoms with van der Waals surface area (Å²) in [6.45, 7) is 1.88. The molecule has 0 aliphatic rings. The van der Waals surface area contributed by atoms with E-state index in [0.29, 0.717) is 16.8 Å². The van der Waals surface area contributed by atoms with Crippen molar-refractivity contribution in [3.05, 3.63) is 65.5 Å². The van der Waals surface area contributed by atoms with Crippen LogP contribution in [-0.4, -0.2) is 15.5 Å². The van der Waals surface area contributed by atoms with E-state index in [2.05, 4.69) is 16.5 Å². The molecule has 0 saturated heterocycles. The molecule has 0 aliphatic carbocycles. The highest BCUT2D eigenvalue weighted by Crippen LogP contribution is 2.19. The van der Waals surface area contributed by atoms with Crippen LogP contribution in [0.3, 0.4) is 0 Å². The van der Waals surface area contributed by atoms with Crippen molar-refractivity contribution < 1.29 is 4.79 Å². The fourth-order valence-corrected chi connectivity index (χ4v) is 2.13. The summed E-state index contributed by atoms with van der Waals surface area (Å²) in [6.07, 6.45) is 3.32. The third-order valence-electron chi connectivity index (χ3n) is 3.29. The van der Waals surface area contributed by atoms with Gasteiger partial charge in [-0.25, -0.2) is 4.52 Å². The molecule has 3 rings (SSSR count). The molecule has 0 unspecified atom stereocenters. The normalized spacial score (nSPS) is 10.3. The van der Waals surface area contributed by atoms with Crippen molar-refractivity contribution in [2.24, 2.45) is 0 Å². The zero-order valence-corrected chi connectivity index (χ0v) is 11.4. The minimum absolute atomic E-state index is 0.241. The van der Waals surface area contributed by atoms with Gasteiger partial charge < -0.3 is 5.32 Å². The molecule has 1 N–H and O–H groups in total. The number of carbonyl (C=O) groups excluding carboxylic acids is 1. The van der Waals surface area contributed by atoms with Crippen LogP contribution < -0.4 is 5.32 Å². The lowest BCUT2D eigenvalue weighted by Crippen LogP contribution is -2.12. The highest BCUT2D eigenvalue weighted by molar-refractivity contribution is 6.09. The predicted octanol–water partition coefficient (Wildman–Crippen LogP) is 2.77. The average molecular weight is 276 g/mol. The quantitative estimate of drug-likeness (QED) is 0.782. The molecular formula is C16H12N4O. The monoisotopic (exact) mass is 276 g/mol. The summed E-state index contributed by atoms with van der Waals surface area (Å²) in [5.74, 6) is -0.241. The fraction of sp³-hybridized carbons (Fsp3) is 0.0625. The van der Waals surface area contributed by atoms with Crippen molar-refractivity contribution in [1.29, 1.82) is 5.26 Å². The summed E-state index contributed by atoms with van der Waals surface area (Å²) in [5.41, 5.74) is 3.28. The van der Waals surface area contributed by atoms with Crippen LogP contribution in [0.15, 0.2) is 48.8 Å². The van der Waals surface area contributed by atoms with E-state index in [1.807, 2.05) is 31.2 Å². The SMILES string of the molecule is Cc1ccc(C#N)cc1NC(=O)c1cnn2ccccc12. The first kappa shape index (κ1) is 12.9. The molecule has 2 aromatic heterocycles. The van der Waals surface area contributed by atoms with Gasteiger partial charge in [0.25, 0.3) is 5.91 Å². The number of rotatable bonds is 2. The van der Waals surface area contributed by atoms with Gasteiger partial charge in [-0.1, -0.05) is 12.1 Å². The number of aryl methyl sites for hydroxylation is 1. The molecule has 1 aromatic carbocycles. The number of carbonyl (C=O) groups is 1. The highest BCUT2D eigenvalue weighted by atomic mass is 16.1. The molecule has 0 atom stereocenters. The van der Waals surface area contributed by atoms with Gasteiger partial charge >= 0.3 is 0 Å². The molecular weight excluding hydrogens is 264 g/mol. The molecule has 0 saturated carbocycles. The number of pyridine rings is 1. The summed E-state index contributed by atoms with van der Waals surface area (Å²) in [4.78, 5) is 12.4. The van der Waals surface area contributed by atoms with Gasteiger partial charge in [-0.3, -0.25) is 4.79 Å². The minimum atomic E-state index is -0.241. The summed E-state index contributed by atoms with van der Waals surface area (Å²) >= 11 is 0. The summed E-state index contributed by atoms with van der Waals surface area (Å²) in [7, 11) is 0. The Labute approximate surface area is 121 Å². The topological polar surface area (TPSA) is 70.2 Å². The maximum absolute atomic E-state index is 12.4. The molecule has 0 aliphatic heterocycles. The van der Waals surface area contributed by atoms with E-state index in [0.717, 1.165) is 11.1 Å². The molecule has 0 spiro atoms. The lowest BCUT2D eigenvalue weighted by atomic mass is 10.1. The predicted molar refractivity (Wildman–Crippen MR) is 79.0 cm³/mol. The summed E-state index contributed by atoms with van der Waals surface area (Å²) in [5, 5.41) is 15.9. The Hall–Kier alpha value is -3.13. The zero-order valence-electron chi connectivity index (χ0n) is 11.4. The standard InChI is InChI=1S/C16H12N4O/c1-11-5-6-12(9-17)8-14(11)19-16(21)13-10-18-20-7-3-2-4-15(13)20/h2-8,10H,1H3,(H,19,21). The number of amides is 1. The number of nitrogens with one attached hydrogen (secondary N) is 1. The van der Waals surface area contributed by atoms with Crippen molar-refractivity contribution in [2.75, 3.05) is 5.32 Å². The Balaban J connectivity index is 1.95. The molecule has 0 bridgehead atoms. The first-order chi connectivity index (χ1) is 10.2. The lowest BCUT2D eigenvalue weighted by molar-refractivity contribution is 0.102. The van der Waals surface area contributed by atoms with E-state index in [4.69, 9.17) is 5.26 Å². The first-order valence-corrected chi connectivity index (χ1v) is 6.43. The molecule has 5 heteroatoms. The number of anilines is 1. The van der Waals surface area contributed by atoms with Crippen LogP contribution >= 0.6 is 0 Å². The summed E-state index contributed by atoms with van der Waals surface area (Å²) in [6, 6.07) is 12.8. The van der Waals surface area contributed by atoms with E-state index >= 15 is 0 Å². The van der Waals surface area contributed by atoms with Crippen molar-refractivity contribution in [3.63, 3.8) is 0 Å². The van der Waals surface area contributed by atoms with Crippen LogP contribution in [0.4, 0.5) is 5.69 Å². The second-order valence-electron chi connectivity index (χ2n) is 4.68. The molecule has 21 heavy (non-hydrogen) atoms. The van der Waals surface area contributed by atoms with Gasteiger partial charge in [0.15, 0.2) is 0 Å². The van der Waals surface area contributed by atoms with Gasteiger partial charge in [0, 0.05) is 11.9 Å². The average Bonchev–Trinajstić information content (AvgIpc) is 2.93. The maximum atomic E-state index is 12.4. The van der Waals surface area contributed by atoms with Crippen molar-refractivity contribution >= 4 is 17.1 Å². The summed E-state index contributed by atoms with van der Waals surface area (Å²) < 4.78 is 1.65. The molecule has 2 heterocycles. The van der Waals surface area contributed by atoms with Crippen LogP contribution in [0.25, 0.3) is 5.52 Å². The zero-order chi connectivity index (χ0) is 14.8. The molecule has 102 valence electrons. The highest BCUT2D eigenvalue weighted by Gasteiger charge is 2.13. The fourth-order valence-electron chi connectivity index (χ4n) is 2.13. The van der Waals surface area contributed by atoms with E-state index < -0.39 is 0 Å². The Morgan fingerprint density at radius 3 is 3.00 bits per heavy atom. The van der Waals surface area contributed by atoms with Gasteiger partial charge in [0.1, 0.15) is 0 Å². The molecule has 0 fully saturated rings. The van der Waals surface area contributed by atoms with Crippen molar-refractivity contribution in [1.82, 2.24) is 9.61 Å². The molecule has 3 aromatic rings.